The molecule has 3 aromatic carbocycles. The predicted molar refractivity (Wildman–Crippen MR) is 119 cm³/mol. The van der Waals surface area contributed by atoms with E-state index in [2.05, 4.69) is 104 Å². The summed E-state index contributed by atoms with van der Waals surface area (Å²) in [6.07, 6.45) is 0. The lowest BCUT2D eigenvalue weighted by Crippen LogP contribution is -2.26. The monoisotopic (exact) mass is 356 g/mol. The van der Waals surface area contributed by atoms with Gasteiger partial charge >= 0.3 is 0 Å². The number of fused-ring (bicyclic) bond motifs is 2. The summed E-state index contributed by atoms with van der Waals surface area (Å²) in [6.45, 7) is 18.6. The molecule has 0 unspecified atom stereocenters. The Hall–Kier alpha value is -2.08. The molecule has 27 heavy (non-hydrogen) atoms. The molecule has 0 aromatic heterocycles. The Labute approximate surface area is 164 Å². The normalized spacial score (nSPS) is 15.7. The predicted octanol–water partition coefficient (Wildman–Crippen LogP) is 7.74. The van der Waals surface area contributed by atoms with E-state index in [1.807, 2.05) is 0 Å². The van der Waals surface area contributed by atoms with Crippen LogP contribution in [0.4, 0.5) is 0 Å². The molecule has 0 N–H and O–H groups in total. The maximum Gasteiger partial charge on any atom is 0.0159 e. The van der Waals surface area contributed by atoms with Crippen LogP contribution >= 0.6 is 0 Å². The van der Waals surface area contributed by atoms with Crippen LogP contribution in [0, 0.1) is 0 Å². The molecule has 0 aliphatic heterocycles. The van der Waals surface area contributed by atoms with Crippen molar-refractivity contribution in [3.05, 3.63) is 70.8 Å². The first-order valence-corrected chi connectivity index (χ1v) is 10.1. The first-order chi connectivity index (χ1) is 12.4. The minimum atomic E-state index is -0.000386. The van der Waals surface area contributed by atoms with Crippen molar-refractivity contribution >= 4 is 10.8 Å². The topological polar surface area (TPSA) is 0 Å². The summed E-state index contributed by atoms with van der Waals surface area (Å²) in [5, 5.41) is 2.86. The minimum Gasteiger partial charge on any atom is -0.0610 e. The lowest BCUT2D eigenvalue weighted by atomic mass is 9.66. The van der Waals surface area contributed by atoms with E-state index in [1.165, 1.54) is 44.2 Å². The molecule has 0 nitrogen and oxygen atoms in total. The summed E-state index contributed by atoms with van der Waals surface area (Å²) >= 11 is 0. The third kappa shape index (κ3) is 2.64. The van der Waals surface area contributed by atoms with Gasteiger partial charge in [-0.25, -0.2) is 0 Å². The Bertz CT molecular complexity index is 1050. The Kier molecular flexibility index (Phi) is 3.71. The fourth-order valence-corrected chi connectivity index (χ4v) is 4.71. The Morgan fingerprint density at radius 1 is 0.667 bits per heavy atom. The number of hydrogen-bond acceptors (Lipinski definition) is 0. The van der Waals surface area contributed by atoms with Gasteiger partial charge in [0.15, 0.2) is 0 Å². The Morgan fingerprint density at radius 2 is 1.37 bits per heavy atom. The molecule has 0 spiro atoms. The van der Waals surface area contributed by atoms with E-state index in [0.717, 1.165) is 0 Å². The van der Waals surface area contributed by atoms with Crippen LogP contribution in [0.3, 0.4) is 0 Å². The third-order valence-corrected chi connectivity index (χ3v) is 6.37. The molecular formula is C27H32. The van der Waals surface area contributed by atoms with Crippen molar-refractivity contribution in [2.45, 2.75) is 71.6 Å². The van der Waals surface area contributed by atoms with Crippen molar-refractivity contribution in [1.82, 2.24) is 0 Å². The summed E-state index contributed by atoms with van der Waals surface area (Å²) in [6, 6.07) is 18.7. The van der Waals surface area contributed by atoms with Crippen molar-refractivity contribution in [3.63, 3.8) is 0 Å². The highest BCUT2D eigenvalue weighted by Crippen LogP contribution is 2.50. The van der Waals surface area contributed by atoms with E-state index in [-0.39, 0.29) is 16.2 Å². The van der Waals surface area contributed by atoms with Crippen LogP contribution in [0.1, 0.15) is 77.6 Å². The average Bonchev–Trinajstić information content (AvgIpc) is 2.57. The third-order valence-electron chi connectivity index (χ3n) is 6.37. The molecule has 0 saturated heterocycles. The number of rotatable bonds is 0. The molecule has 0 fully saturated rings. The lowest BCUT2D eigenvalue weighted by molar-refractivity contribution is 0.581. The summed E-state index contributed by atoms with van der Waals surface area (Å²) in [4.78, 5) is 0. The average molecular weight is 357 g/mol. The van der Waals surface area contributed by atoms with Gasteiger partial charge in [-0.15, -0.1) is 0 Å². The summed E-state index contributed by atoms with van der Waals surface area (Å²) in [7, 11) is 0. The van der Waals surface area contributed by atoms with Gasteiger partial charge < -0.3 is 0 Å². The van der Waals surface area contributed by atoms with Crippen molar-refractivity contribution in [3.8, 4) is 11.1 Å². The fourth-order valence-electron chi connectivity index (χ4n) is 4.71. The highest BCUT2D eigenvalue weighted by molar-refractivity contribution is 6.04. The van der Waals surface area contributed by atoms with E-state index >= 15 is 0 Å². The van der Waals surface area contributed by atoms with Crippen LogP contribution in [0.25, 0.3) is 21.9 Å². The second-order valence-corrected chi connectivity index (χ2v) is 10.8. The number of benzene rings is 3. The summed E-state index contributed by atoms with van der Waals surface area (Å²) < 4.78 is 0. The van der Waals surface area contributed by atoms with Crippen molar-refractivity contribution in [2.24, 2.45) is 0 Å². The quantitative estimate of drug-likeness (QED) is 0.386. The fraction of sp³-hybridized carbons (Fsp3) is 0.407. The van der Waals surface area contributed by atoms with Gasteiger partial charge in [0.1, 0.15) is 0 Å². The van der Waals surface area contributed by atoms with E-state index in [0.29, 0.717) is 0 Å². The molecule has 1 aliphatic carbocycles. The first-order valence-electron chi connectivity index (χ1n) is 10.1. The molecule has 4 rings (SSSR count). The molecule has 0 amide bonds. The second kappa shape index (κ2) is 5.47. The SMILES string of the molecule is CC(C)(C)c1ccc2c(c1)C(C)(C)c1ccc(C(C)(C)C)c3cccc-2c13. The van der Waals surface area contributed by atoms with Crippen LogP contribution in [0.15, 0.2) is 48.5 Å². The van der Waals surface area contributed by atoms with Gasteiger partial charge in [-0.05, 0) is 55.0 Å². The largest absolute Gasteiger partial charge is 0.0610 e. The van der Waals surface area contributed by atoms with Crippen molar-refractivity contribution < 1.29 is 0 Å². The van der Waals surface area contributed by atoms with Crippen LogP contribution in [-0.4, -0.2) is 0 Å². The zero-order chi connectivity index (χ0) is 19.8. The van der Waals surface area contributed by atoms with E-state index < -0.39 is 0 Å². The maximum atomic E-state index is 2.45. The highest BCUT2D eigenvalue weighted by atomic mass is 14.4. The Balaban J connectivity index is 2.12. The second-order valence-electron chi connectivity index (χ2n) is 10.8. The van der Waals surface area contributed by atoms with Crippen LogP contribution in [0.2, 0.25) is 0 Å². The zero-order valence-corrected chi connectivity index (χ0v) is 18.1. The molecule has 0 heterocycles. The summed E-state index contributed by atoms with van der Waals surface area (Å²) in [5.74, 6) is 0. The maximum absolute atomic E-state index is 2.45. The molecule has 140 valence electrons. The minimum absolute atomic E-state index is 0.000386. The molecule has 0 saturated carbocycles. The van der Waals surface area contributed by atoms with Crippen LogP contribution in [-0.2, 0) is 16.2 Å². The van der Waals surface area contributed by atoms with Gasteiger partial charge in [0.25, 0.3) is 0 Å². The molecule has 0 atom stereocenters. The van der Waals surface area contributed by atoms with Gasteiger partial charge in [-0.1, -0.05) is 104 Å². The zero-order valence-electron chi connectivity index (χ0n) is 18.1. The lowest BCUT2D eigenvalue weighted by Gasteiger charge is -2.37. The molecule has 0 heteroatoms. The summed E-state index contributed by atoms with van der Waals surface area (Å²) in [5.41, 5.74) is 8.86. The molecule has 3 aromatic rings. The number of hydrogen-bond donors (Lipinski definition) is 0. The van der Waals surface area contributed by atoms with Crippen LogP contribution < -0.4 is 0 Å². The standard InChI is InChI=1S/C27H32/c1-25(2,3)17-12-13-18-19-10-9-11-20-21(26(4,5)6)14-15-22(24(19)20)27(7,8)23(18)16-17/h9-16H,1-8H3. The van der Waals surface area contributed by atoms with Gasteiger partial charge in [0.2, 0.25) is 0 Å². The highest BCUT2D eigenvalue weighted by Gasteiger charge is 2.35. The van der Waals surface area contributed by atoms with Gasteiger partial charge in [-0.2, -0.15) is 0 Å². The van der Waals surface area contributed by atoms with Gasteiger partial charge in [0.05, 0.1) is 0 Å². The van der Waals surface area contributed by atoms with Crippen LogP contribution in [0.5, 0.6) is 0 Å². The molecule has 1 aliphatic rings. The molecular weight excluding hydrogens is 324 g/mol. The van der Waals surface area contributed by atoms with Gasteiger partial charge in [0, 0.05) is 5.41 Å². The molecule has 0 radical (unpaired) electrons. The van der Waals surface area contributed by atoms with E-state index in [1.54, 1.807) is 0 Å². The van der Waals surface area contributed by atoms with E-state index in [9.17, 15) is 0 Å². The first kappa shape index (κ1) is 18.3. The smallest absolute Gasteiger partial charge is 0.0159 e. The molecule has 0 bridgehead atoms. The van der Waals surface area contributed by atoms with Crippen molar-refractivity contribution in [1.29, 1.82) is 0 Å². The Morgan fingerprint density at radius 3 is 2.00 bits per heavy atom. The van der Waals surface area contributed by atoms with E-state index in [4.69, 9.17) is 0 Å². The van der Waals surface area contributed by atoms with Gasteiger partial charge in [-0.3, -0.25) is 0 Å². The van der Waals surface area contributed by atoms with Crippen molar-refractivity contribution in [2.75, 3.05) is 0 Å².